The Kier molecular flexibility index (Phi) is 7.09. The van der Waals surface area contributed by atoms with Crippen molar-refractivity contribution in [2.75, 3.05) is 26.3 Å². The van der Waals surface area contributed by atoms with Crippen LogP contribution in [0.15, 0.2) is 72.9 Å². The van der Waals surface area contributed by atoms with E-state index in [0.717, 1.165) is 63.2 Å². The Bertz CT molecular complexity index is 1190. The zero-order valence-corrected chi connectivity index (χ0v) is 21.3. The van der Waals surface area contributed by atoms with Gasteiger partial charge in [0.15, 0.2) is 11.5 Å². The third kappa shape index (κ3) is 5.64. The normalized spacial score (nSPS) is 18.8. The van der Waals surface area contributed by atoms with Crippen molar-refractivity contribution in [3.63, 3.8) is 0 Å². The number of amides is 1. The van der Waals surface area contributed by atoms with Crippen molar-refractivity contribution >= 4 is 5.91 Å². The predicted octanol–water partition coefficient (Wildman–Crippen LogP) is 4.98. The number of hydrogen-bond donors (Lipinski definition) is 0. The first kappa shape index (κ1) is 24.0. The Balaban J connectivity index is 1.18. The summed E-state index contributed by atoms with van der Waals surface area (Å²) in [4.78, 5) is 22.9. The summed E-state index contributed by atoms with van der Waals surface area (Å²) in [6.45, 7) is 4.19. The van der Waals surface area contributed by atoms with Crippen LogP contribution in [0.4, 0.5) is 0 Å². The third-order valence-electron chi connectivity index (χ3n) is 7.89. The lowest BCUT2D eigenvalue weighted by Crippen LogP contribution is -2.50. The Labute approximate surface area is 219 Å². The molecule has 0 N–H and O–H groups in total. The Morgan fingerprint density at radius 1 is 0.892 bits per heavy atom. The molecule has 1 saturated heterocycles. The number of hydrogen-bond acceptors (Lipinski definition) is 5. The maximum absolute atomic E-state index is 13.8. The maximum atomic E-state index is 13.8. The van der Waals surface area contributed by atoms with Crippen molar-refractivity contribution in [3.8, 4) is 11.5 Å². The molecule has 192 valence electrons. The molecule has 3 aliphatic rings. The number of aromatic nitrogens is 1. The van der Waals surface area contributed by atoms with E-state index in [-0.39, 0.29) is 11.9 Å². The summed E-state index contributed by atoms with van der Waals surface area (Å²) in [7, 11) is 0. The van der Waals surface area contributed by atoms with Crippen LogP contribution in [-0.2, 0) is 13.0 Å². The van der Waals surface area contributed by atoms with Crippen molar-refractivity contribution in [2.45, 2.75) is 50.7 Å². The number of likely N-dealkylation sites (tertiary alicyclic amines) is 1. The Hall–Kier alpha value is -3.38. The minimum atomic E-state index is 0.0859. The number of carbonyl (C=O) groups is 1. The van der Waals surface area contributed by atoms with E-state index in [1.165, 1.54) is 11.1 Å². The largest absolute Gasteiger partial charge is 0.486 e. The molecule has 0 radical (unpaired) electrons. The molecule has 1 atom stereocenters. The van der Waals surface area contributed by atoms with E-state index in [0.29, 0.717) is 30.9 Å². The molecule has 2 aliphatic heterocycles. The van der Waals surface area contributed by atoms with Crippen molar-refractivity contribution in [3.05, 3.63) is 89.7 Å². The number of ether oxygens (including phenoxy) is 2. The summed E-state index contributed by atoms with van der Waals surface area (Å²) >= 11 is 0. The first-order chi connectivity index (χ1) is 18.2. The number of rotatable bonds is 8. The van der Waals surface area contributed by atoms with Crippen LogP contribution >= 0.6 is 0 Å². The van der Waals surface area contributed by atoms with E-state index in [9.17, 15) is 4.79 Å². The molecule has 1 saturated carbocycles. The zero-order chi connectivity index (χ0) is 25.0. The SMILES string of the molecule is O=C(c1ccccn1)N(C1CC1)[C@@H](Cc1ccccc1)C1CCN(Cc2ccc3c(c2)OCCO3)CC1. The molecule has 3 aromatic rings. The van der Waals surface area contributed by atoms with Crippen LogP contribution in [0.1, 0.15) is 47.3 Å². The molecule has 37 heavy (non-hydrogen) atoms. The fourth-order valence-corrected chi connectivity index (χ4v) is 5.85. The van der Waals surface area contributed by atoms with Gasteiger partial charge in [0.05, 0.1) is 0 Å². The summed E-state index contributed by atoms with van der Waals surface area (Å²) in [5, 5.41) is 0. The van der Waals surface area contributed by atoms with E-state index < -0.39 is 0 Å². The topological polar surface area (TPSA) is 54.9 Å². The number of nitrogens with zero attached hydrogens (tertiary/aromatic N) is 3. The van der Waals surface area contributed by atoms with E-state index in [2.05, 4.69) is 57.2 Å². The summed E-state index contributed by atoms with van der Waals surface area (Å²) in [6.07, 6.45) is 6.96. The highest BCUT2D eigenvalue weighted by atomic mass is 16.6. The number of pyridine rings is 1. The molecule has 6 rings (SSSR count). The van der Waals surface area contributed by atoms with Gasteiger partial charge in [-0.1, -0.05) is 42.5 Å². The molecule has 6 heteroatoms. The third-order valence-corrected chi connectivity index (χ3v) is 7.89. The Morgan fingerprint density at radius 2 is 1.65 bits per heavy atom. The van der Waals surface area contributed by atoms with Gasteiger partial charge < -0.3 is 14.4 Å². The second kappa shape index (κ2) is 10.9. The van der Waals surface area contributed by atoms with Crippen molar-refractivity contribution in [2.24, 2.45) is 5.92 Å². The summed E-state index contributed by atoms with van der Waals surface area (Å²) in [6, 6.07) is 23.1. The van der Waals surface area contributed by atoms with Crippen LogP contribution in [0.5, 0.6) is 11.5 Å². The van der Waals surface area contributed by atoms with E-state index in [4.69, 9.17) is 9.47 Å². The zero-order valence-electron chi connectivity index (χ0n) is 21.3. The van der Waals surface area contributed by atoms with Crippen LogP contribution in [-0.4, -0.2) is 59.1 Å². The highest BCUT2D eigenvalue weighted by Gasteiger charge is 2.42. The molecule has 1 aromatic heterocycles. The van der Waals surface area contributed by atoms with Gasteiger partial charge in [-0.2, -0.15) is 0 Å². The van der Waals surface area contributed by atoms with Crippen LogP contribution in [0.25, 0.3) is 0 Å². The highest BCUT2D eigenvalue weighted by molar-refractivity contribution is 5.93. The van der Waals surface area contributed by atoms with Crippen LogP contribution in [0.2, 0.25) is 0 Å². The van der Waals surface area contributed by atoms with Gasteiger partial charge in [0, 0.05) is 24.8 Å². The molecule has 2 aromatic carbocycles. The maximum Gasteiger partial charge on any atom is 0.272 e. The molecule has 3 heterocycles. The molecule has 1 aliphatic carbocycles. The minimum absolute atomic E-state index is 0.0859. The average Bonchev–Trinajstić information content (AvgIpc) is 3.79. The average molecular weight is 498 g/mol. The van der Waals surface area contributed by atoms with Gasteiger partial charge in [-0.3, -0.25) is 14.7 Å². The summed E-state index contributed by atoms with van der Waals surface area (Å²) < 4.78 is 11.5. The first-order valence-corrected chi connectivity index (χ1v) is 13.6. The molecule has 0 bridgehead atoms. The van der Waals surface area contributed by atoms with Crippen LogP contribution in [0.3, 0.4) is 0 Å². The number of benzene rings is 2. The minimum Gasteiger partial charge on any atom is -0.486 e. The monoisotopic (exact) mass is 497 g/mol. The number of carbonyl (C=O) groups excluding carboxylic acids is 1. The summed E-state index contributed by atoms with van der Waals surface area (Å²) in [5.74, 6) is 2.25. The lowest BCUT2D eigenvalue weighted by molar-refractivity contribution is 0.0477. The van der Waals surface area contributed by atoms with Gasteiger partial charge in [0.25, 0.3) is 5.91 Å². The second-order valence-corrected chi connectivity index (χ2v) is 10.5. The van der Waals surface area contributed by atoms with Crippen molar-refractivity contribution in [1.29, 1.82) is 0 Å². The van der Waals surface area contributed by atoms with Crippen LogP contribution in [0, 0.1) is 5.92 Å². The van der Waals surface area contributed by atoms with Gasteiger partial charge >= 0.3 is 0 Å². The Morgan fingerprint density at radius 3 is 2.38 bits per heavy atom. The fraction of sp³-hybridized carbons (Fsp3) is 0.419. The quantitative estimate of drug-likeness (QED) is 0.439. The highest BCUT2D eigenvalue weighted by Crippen LogP contribution is 2.37. The van der Waals surface area contributed by atoms with E-state index in [1.54, 1.807) is 6.20 Å². The smallest absolute Gasteiger partial charge is 0.272 e. The van der Waals surface area contributed by atoms with E-state index >= 15 is 0 Å². The fourth-order valence-electron chi connectivity index (χ4n) is 5.85. The van der Waals surface area contributed by atoms with Gasteiger partial charge in [0.2, 0.25) is 0 Å². The van der Waals surface area contributed by atoms with Crippen molar-refractivity contribution in [1.82, 2.24) is 14.8 Å². The standard InChI is InChI=1S/C31H35N3O3/c35-31(27-8-4-5-15-32-27)34(26-10-11-26)28(20-23-6-2-1-3-7-23)25-13-16-33(17-14-25)22-24-9-12-29-30(21-24)37-19-18-36-29/h1-9,12,15,21,25-26,28H,10-11,13-14,16-20,22H2/t28-/m0/s1. The van der Waals surface area contributed by atoms with E-state index in [1.807, 2.05) is 24.3 Å². The van der Waals surface area contributed by atoms with Crippen molar-refractivity contribution < 1.29 is 14.3 Å². The molecule has 6 nitrogen and oxygen atoms in total. The molecule has 0 unspecified atom stereocenters. The molecule has 0 spiro atoms. The molecular formula is C31H35N3O3. The second-order valence-electron chi connectivity index (χ2n) is 10.5. The molecular weight excluding hydrogens is 462 g/mol. The van der Waals surface area contributed by atoms with Crippen LogP contribution < -0.4 is 9.47 Å². The van der Waals surface area contributed by atoms with Gasteiger partial charge in [-0.05, 0) is 86.5 Å². The number of piperidine rings is 1. The lowest BCUT2D eigenvalue weighted by Gasteiger charge is -2.42. The predicted molar refractivity (Wildman–Crippen MR) is 143 cm³/mol. The van der Waals surface area contributed by atoms with Gasteiger partial charge in [-0.15, -0.1) is 0 Å². The number of fused-ring (bicyclic) bond motifs is 1. The summed E-state index contributed by atoms with van der Waals surface area (Å²) in [5.41, 5.74) is 3.11. The molecule has 1 amide bonds. The van der Waals surface area contributed by atoms with Gasteiger partial charge in [-0.25, -0.2) is 0 Å². The lowest BCUT2D eigenvalue weighted by atomic mass is 9.84. The molecule has 2 fully saturated rings. The first-order valence-electron chi connectivity index (χ1n) is 13.6. The van der Waals surface area contributed by atoms with Gasteiger partial charge in [0.1, 0.15) is 18.9 Å².